The van der Waals surface area contributed by atoms with Crippen molar-refractivity contribution in [1.82, 2.24) is 0 Å². The first kappa shape index (κ1) is 52.3. The molecule has 0 radical (unpaired) electrons. The van der Waals surface area contributed by atoms with Gasteiger partial charge < -0.3 is 0 Å². The first-order chi connectivity index (χ1) is 39.4. The minimum absolute atomic E-state index is 0.451. The van der Waals surface area contributed by atoms with E-state index in [2.05, 4.69) is 0 Å². The molecule has 7 heteroatoms. The Labute approximate surface area is 474 Å². The van der Waals surface area contributed by atoms with Gasteiger partial charge in [-0.15, -0.1) is 0 Å². The number of carbonyl (C=O) groups excluding carboxylic acids is 3. The van der Waals surface area contributed by atoms with Crippen molar-refractivity contribution in [2.75, 3.05) is 0 Å². The van der Waals surface area contributed by atoms with E-state index in [4.69, 9.17) is 9.96 Å². The Morgan fingerprint density at radius 2 is 0.550 bits per heavy atom. The predicted octanol–water partition coefficient (Wildman–Crippen LogP) is 16.2. The van der Waals surface area contributed by atoms with Gasteiger partial charge in [0.05, 0.1) is 0 Å². The van der Waals surface area contributed by atoms with E-state index >= 15 is 14.4 Å². The zero-order valence-electron chi connectivity index (χ0n) is 44.7. The Balaban J connectivity index is 1.18. The normalized spacial score (nSPS) is 15.5. The molecule has 0 saturated carbocycles. The van der Waals surface area contributed by atoms with Gasteiger partial charge in [0.25, 0.3) is 0 Å². The summed E-state index contributed by atoms with van der Waals surface area (Å²) in [5, 5.41) is 0. The summed E-state index contributed by atoms with van der Waals surface area (Å²) in [5.41, 5.74) is 5.76. The molecule has 1 unspecified atom stereocenters. The maximum absolute atomic E-state index is 17.4. The second-order valence-electron chi connectivity index (χ2n) is 21.2. The average molecular weight is 1080 g/mol. The maximum atomic E-state index is 17.4. The molecular weight excluding hydrogens is 1020 g/mol. The van der Waals surface area contributed by atoms with Gasteiger partial charge in [-0.05, 0) is 0 Å². The van der Waals surface area contributed by atoms with Crippen LogP contribution in [0.1, 0.15) is 101 Å². The summed E-state index contributed by atoms with van der Waals surface area (Å²) in [7, 11) is 0. The number of rotatable bonds is 16. The van der Waals surface area contributed by atoms with Crippen LogP contribution in [-0.2, 0) is 58.3 Å². The van der Waals surface area contributed by atoms with Crippen LogP contribution >= 0.6 is 0 Å². The van der Waals surface area contributed by atoms with E-state index in [-0.39, 0.29) is 0 Å². The number of allylic oxidation sites excluding steroid dienone is 4. The standard InChI is InChI=1S/3C20H16O2.C13H17.Ti/c3*21-19(22)20(16-10-4-1-5-11-16,17-12-6-2-7-13-17)18-14-8-3-9-15-18;1-3-7-12-10(5-1)9-11-6-2-4-8-13(11)12;/h3*1-15H,(H,21,22);5H,1-4,6-9H2;/q;;;;+3/p-3. The molecule has 0 fully saturated rings. The topological polar surface area (TPSA) is 78.9 Å². The molecule has 9 aromatic rings. The summed E-state index contributed by atoms with van der Waals surface area (Å²) in [5.74, 6) is -2.13. The molecule has 0 N–H and O–H groups in total. The van der Waals surface area contributed by atoms with Crippen LogP contribution in [0.3, 0.4) is 0 Å². The van der Waals surface area contributed by atoms with Crippen molar-refractivity contribution in [3.63, 3.8) is 0 Å². The van der Waals surface area contributed by atoms with Crippen molar-refractivity contribution >= 4 is 17.9 Å². The molecule has 0 saturated heterocycles. The average Bonchev–Trinajstić information content (AvgIpc) is 3.98. The molecule has 12 rings (SSSR count). The fourth-order valence-corrected chi connectivity index (χ4v) is 18.2. The summed E-state index contributed by atoms with van der Waals surface area (Å²) >= 11 is -6.31. The molecule has 0 heterocycles. The number of hydrogen-bond acceptors (Lipinski definition) is 6. The zero-order valence-corrected chi connectivity index (χ0v) is 46.2. The fraction of sp³-hybridized carbons (Fsp3) is 0.164. The number of hydrogen-bond donors (Lipinski definition) is 0. The van der Waals surface area contributed by atoms with Crippen molar-refractivity contribution in [2.24, 2.45) is 0 Å². The molecule has 80 heavy (non-hydrogen) atoms. The van der Waals surface area contributed by atoms with E-state index in [9.17, 15) is 0 Å². The van der Waals surface area contributed by atoms with Gasteiger partial charge in [-0.1, -0.05) is 0 Å². The van der Waals surface area contributed by atoms with Gasteiger partial charge in [0.2, 0.25) is 0 Å². The minimum atomic E-state index is -6.31. The second kappa shape index (κ2) is 22.7. The van der Waals surface area contributed by atoms with Gasteiger partial charge in [0, 0.05) is 0 Å². The predicted molar refractivity (Wildman–Crippen MR) is 311 cm³/mol. The van der Waals surface area contributed by atoms with Crippen molar-refractivity contribution < 1.29 is 42.1 Å². The van der Waals surface area contributed by atoms with Crippen LogP contribution in [0.4, 0.5) is 0 Å². The molecule has 0 aliphatic heterocycles. The molecule has 3 aliphatic rings. The first-order valence-electron chi connectivity index (χ1n) is 28.0. The van der Waals surface area contributed by atoms with Crippen molar-refractivity contribution in [1.29, 1.82) is 0 Å². The second-order valence-corrected chi connectivity index (χ2v) is 25.2. The summed E-state index contributed by atoms with van der Waals surface area (Å²) in [6, 6.07) is 87.0. The van der Waals surface area contributed by atoms with Crippen molar-refractivity contribution in [2.45, 2.75) is 71.8 Å². The van der Waals surface area contributed by atoms with Crippen LogP contribution in [0.15, 0.2) is 295 Å². The van der Waals surface area contributed by atoms with Gasteiger partial charge in [0.1, 0.15) is 0 Å². The monoisotopic (exact) mass is 1080 g/mol. The van der Waals surface area contributed by atoms with Crippen molar-refractivity contribution in [3.05, 3.63) is 345 Å². The molecule has 0 amide bonds. The third-order valence-electron chi connectivity index (χ3n) is 17.0. The van der Waals surface area contributed by atoms with Gasteiger partial charge in [-0.2, -0.15) is 0 Å². The SMILES string of the molecule is O=C([O][Ti]([O]C(=O)C(c1ccccc1)(c1ccccc1)c1ccccc1)([O]C(=O)C(c1ccccc1)(c1ccccc1)c1ccccc1)[CH]1CCCC2=C1CC1=C2CCCC1)C(c1ccccc1)(c1ccccc1)c1ccccc1. The molecule has 6 nitrogen and oxygen atoms in total. The molecule has 0 spiro atoms. The molecule has 0 bridgehead atoms. The van der Waals surface area contributed by atoms with Crippen LogP contribution in [0.5, 0.6) is 0 Å². The summed E-state index contributed by atoms with van der Waals surface area (Å²) in [6.45, 7) is 0. The van der Waals surface area contributed by atoms with Crippen LogP contribution in [0, 0.1) is 0 Å². The van der Waals surface area contributed by atoms with Crippen LogP contribution < -0.4 is 0 Å². The Morgan fingerprint density at radius 3 is 0.812 bits per heavy atom. The van der Waals surface area contributed by atoms with E-state index in [1.807, 2.05) is 273 Å². The number of fused-ring (bicyclic) bond motifs is 1. The Kier molecular flexibility index (Phi) is 14.9. The van der Waals surface area contributed by atoms with Gasteiger partial charge >= 0.3 is 477 Å². The summed E-state index contributed by atoms with van der Waals surface area (Å²) < 4.78 is 22.7. The number of benzene rings is 9. The Bertz CT molecular complexity index is 3040. The van der Waals surface area contributed by atoms with Crippen molar-refractivity contribution in [3.8, 4) is 0 Å². The first-order valence-corrected chi connectivity index (χ1v) is 30.9. The summed E-state index contributed by atoms with van der Waals surface area (Å²) in [4.78, 5) is 52.1. The molecular formula is C73H62O6Ti. The van der Waals surface area contributed by atoms with Crippen LogP contribution in [-0.4, -0.2) is 17.9 Å². The molecule has 3 aliphatic carbocycles. The third-order valence-corrected chi connectivity index (χ3v) is 21.5. The van der Waals surface area contributed by atoms with Crippen LogP contribution in [0.2, 0.25) is 4.22 Å². The summed E-state index contributed by atoms with van der Waals surface area (Å²) in [6.07, 6.45) is 6.63. The van der Waals surface area contributed by atoms with Crippen LogP contribution in [0.25, 0.3) is 0 Å². The number of carbonyl (C=O) groups is 3. The van der Waals surface area contributed by atoms with E-state index < -0.39 is 56.1 Å². The molecule has 0 aromatic heterocycles. The van der Waals surface area contributed by atoms with E-state index in [0.717, 1.165) is 37.7 Å². The fourth-order valence-electron chi connectivity index (χ4n) is 13.4. The van der Waals surface area contributed by atoms with Gasteiger partial charge in [0.15, 0.2) is 0 Å². The molecule has 9 aromatic carbocycles. The van der Waals surface area contributed by atoms with E-state index in [0.29, 0.717) is 69.3 Å². The quantitative estimate of drug-likeness (QED) is 0.0709. The third kappa shape index (κ3) is 9.11. The molecule has 1 atom stereocenters. The van der Waals surface area contributed by atoms with E-state index in [1.165, 1.54) is 16.7 Å². The zero-order chi connectivity index (χ0) is 54.4. The van der Waals surface area contributed by atoms with Gasteiger partial charge in [-0.25, -0.2) is 0 Å². The Morgan fingerprint density at radius 1 is 0.312 bits per heavy atom. The van der Waals surface area contributed by atoms with Gasteiger partial charge in [-0.3, -0.25) is 0 Å². The Hall–Kier alpha value is -8.42. The van der Waals surface area contributed by atoms with E-state index in [1.54, 1.807) is 0 Å². The molecule has 394 valence electrons.